The summed E-state index contributed by atoms with van der Waals surface area (Å²) in [5.41, 5.74) is 0.168. The van der Waals surface area contributed by atoms with Gasteiger partial charge in [0.1, 0.15) is 11.6 Å². The van der Waals surface area contributed by atoms with Crippen molar-refractivity contribution in [2.45, 2.75) is 0 Å². The highest BCUT2D eigenvalue weighted by Crippen LogP contribution is 2.52. The summed E-state index contributed by atoms with van der Waals surface area (Å²) in [5.74, 6) is 1.14. The molecule has 1 aliphatic heterocycles. The van der Waals surface area contributed by atoms with Crippen LogP contribution in [0.15, 0.2) is 27.6 Å². The number of hydrogen-bond donors (Lipinski definition) is 1. The van der Waals surface area contributed by atoms with Gasteiger partial charge in [-0.3, -0.25) is 4.79 Å². The second-order valence-corrected chi connectivity index (χ2v) is 6.04. The summed E-state index contributed by atoms with van der Waals surface area (Å²) in [4.78, 5) is 13.4. The number of rotatable bonds is 5. The molecule has 1 aliphatic rings. The standard InChI is InChI=1S/C20H18O9/c1-23-11-5-9(6-12(24-2)16(11)25-3)10-7-27-17-13(14(10)21)18(26-4)20-19(15(17)22)28-8-29-20/h5-7,22H,8H2,1-4H3. The molecule has 152 valence electrons. The van der Waals surface area contributed by atoms with Gasteiger partial charge in [-0.25, -0.2) is 0 Å². The molecule has 0 spiro atoms. The number of benzene rings is 2. The van der Waals surface area contributed by atoms with Crippen LogP contribution in [0.3, 0.4) is 0 Å². The number of hydrogen-bond acceptors (Lipinski definition) is 9. The normalized spacial score (nSPS) is 12.1. The molecule has 3 aromatic rings. The molecule has 29 heavy (non-hydrogen) atoms. The maximum atomic E-state index is 13.4. The molecule has 1 aromatic heterocycles. The Bertz CT molecular complexity index is 1140. The molecular formula is C20H18O9. The number of methoxy groups -OCH3 is 4. The largest absolute Gasteiger partial charge is 0.502 e. The molecule has 0 radical (unpaired) electrons. The molecule has 0 saturated carbocycles. The number of ether oxygens (including phenoxy) is 6. The summed E-state index contributed by atoms with van der Waals surface area (Å²) < 4.78 is 37.6. The Morgan fingerprint density at radius 1 is 0.897 bits per heavy atom. The van der Waals surface area contributed by atoms with Gasteiger partial charge in [-0.2, -0.15) is 0 Å². The van der Waals surface area contributed by atoms with Crippen LogP contribution in [0.5, 0.6) is 40.2 Å². The smallest absolute Gasteiger partial charge is 0.231 e. The van der Waals surface area contributed by atoms with Crippen molar-refractivity contribution in [1.29, 1.82) is 0 Å². The van der Waals surface area contributed by atoms with E-state index in [1.165, 1.54) is 34.7 Å². The van der Waals surface area contributed by atoms with Crippen LogP contribution in [-0.4, -0.2) is 40.3 Å². The zero-order valence-electron chi connectivity index (χ0n) is 16.2. The van der Waals surface area contributed by atoms with Crippen LogP contribution < -0.4 is 33.8 Å². The lowest BCUT2D eigenvalue weighted by Crippen LogP contribution is -2.07. The van der Waals surface area contributed by atoms with Gasteiger partial charge >= 0.3 is 0 Å². The Labute approximate surface area is 164 Å². The summed E-state index contributed by atoms with van der Waals surface area (Å²) in [5, 5.41) is 10.5. The number of fused-ring (bicyclic) bond motifs is 2. The van der Waals surface area contributed by atoms with E-state index in [1.54, 1.807) is 12.1 Å². The maximum Gasteiger partial charge on any atom is 0.231 e. The molecule has 0 atom stereocenters. The monoisotopic (exact) mass is 402 g/mol. The number of phenols is 1. The fraction of sp³-hybridized carbons (Fsp3) is 0.250. The first-order valence-corrected chi connectivity index (χ1v) is 8.50. The van der Waals surface area contributed by atoms with Crippen molar-refractivity contribution < 1.29 is 37.9 Å². The molecule has 0 amide bonds. The minimum Gasteiger partial charge on any atom is -0.502 e. The van der Waals surface area contributed by atoms with Crippen molar-refractivity contribution in [2.75, 3.05) is 35.2 Å². The maximum absolute atomic E-state index is 13.4. The quantitative estimate of drug-likeness (QED) is 0.689. The third-order valence-corrected chi connectivity index (χ3v) is 4.65. The number of aromatic hydroxyl groups is 1. The van der Waals surface area contributed by atoms with Crippen molar-refractivity contribution >= 4 is 11.0 Å². The lowest BCUT2D eigenvalue weighted by molar-refractivity contribution is 0.169. The van der Waals surface area contributed by atoms with Gasteiger partial charge in [0, 0.05) is 0 Å². The van der Waals surface area contributed by atoms with Gasteiger partial charge in [0.15, 0.2) is 22.8 Å². The molecule has 0 fully saturated rings. The summed E-state index contributed by atoms with van der Waals surface area (Å²) in [6.45, 7) is -0.108. The predicted molar refractivity (Wildman–Crippen MR) is 102 cm³/mol. The molecule has 2 heterocycles. The van der Waals surface area contributed by atoms with Gasteiger partial charge < -0.3 is 37.9 Å². The van der Waals surface area contributed by atoms with E-state index in [2.05, 4.69) is 0 Å². The van der Waals surface area contributed by atoms with E-state index in [9.17, 15) is 9.90 Å². The highest BCUT2D eigenvalue weighted by molar-refractivity contribution is 5.96. The van der Waals surface area contributed by atoms with E-state index >= 15 is 0 Å². The van der Waals surface area contributed by atoms with Gasteiger partial charge in [0.2, 0.25) is 35.2 Å². The van der Waals surface area contributed by atoms with Crippen LogP contribution in [0.25, 0.3) is 22.1 Å². The van der Waals surface area contributed by atoms with Crippen LogP contribution >= 0.6 is 0 Å². The molecule has 1 N–H and O–H groups in total. The van der Waals surface area contributed by atoms with Gasteiger partial charge in [-0.15, -0.1) is 0 Å². The van der Waals surface area contributed by atoms with Gasteiger partial charge in [-0.05, 0) is 17.7 Å². The van der Waals surface area contributed by atoms with Crippen molar-refractivity contribution in [2.24, 2.45) is 0 Å². The fourth-order valence-corrected chi connectivity index (χ4v) is 3.32. The third-order valence-electron chi connectivity index (χ3n) is 4.65. The zero-order chi connectivity index (χ0) is 20.7. The van der Waals surface area contributed by atoms with E-state index in [0.29, 0.717) is 22.8 Å². The average Bonchev–Trinajstić information content (AvgIpc) is 3.23. The Hall–Kier alpha value is -3.75. The molecule has 0 aliphatic carbocycles. The van der Waals surface area contributed by atoms with E-state index in [0.717, 1.165) is 0 Å². The first-order chi connectivity index (χ1) is 14.0. The van der Waals surface area contributed by atoms with E-state index < -0.39 is 5.43 Å². The fourth-order valence-electron chi connectivity index (χ4n) is 3.32. The third kappa shape index (κ3) is 2.65. The zero-order valence-corrected chi connectivity index (χ0v) is 16.2. The Morgan fingerprint density at radius 3 is 2.10 bits per heavy atom. The molecule has 0 unspecified atom stereocenters. The lowest BCUT2D eigenvalue weighted by Gasteiger charge is -2.14. The predicted octanol–water partition coefficient (Wildman–Crippen LogP) is 2.93. The first kappa shape index (κ1) is 18.6. The Balaban J connectivity index is 2.04. The lowest BCUT2D eigenvalue weighted by atomic mass is 10.0. The van der Waals surface area contributed by atoms with Crippen molar-refractivity contribution in [3.63, 3.8) is 0 Å². The summed E-state index contributed by atoms with van der Waals surface area (Å²) in [6.07, 6.45) is 1.24. The molecule has 2 aromatic carbocycles. The Kier molecular flexibility index (Phi) is 4.50. The van der Waals surface area contributed by atoms with Crippen LogP contribution in [0.1, 0.15) is 0 Å². The SMILES string of the molecule is COc1cc(-c2coc3c(O)c4c(c(OC)c3c2=O)OCO4)cc(OC)c1OC. The summed E-state index contributed by atoms with van der Waals surface area (Å²) >= 11 is 0. The number of phenolic OH excluding ortho intramolecular Hbond substituents is 1. The minimum absolute atomic E-state index is 0.0282. The minimum atomic E-state index is -0.439. The first-order valence-electron chi connectivity index (χ1n) is 8.50. The second kappa shape index (κ2) is 7.01. The van der Waals surface area contributed by atoms with Crippen molar-refractivity contribution in [3.05, 3.63) is 28.6 Å². The molecular weight excluding hydrogens is 384 g/mol. The molecule has 0 saturated heterocycles. The second-order valence-electron chi connectivity index (χ2n) is 6.04. The van der Waals surface area contributed by atoms with Crippen LogP contribution in [0.2, 0.25) is 0 Å². The van der Waals surface area contributed by atoms with E-state index in [1.807, 2.05) is 0 Å². The molecule has 9 nitrogen and oxygen atoms in total. The van der Waals surface area contributed by atoms with Gasteiger partial charge in [-0.1, -0.05) is 0 Å². The topological polar surface area (TPSA) is 106 Å². The summed E-state index contributed by atoms with van der Waals surface area (Å²) in [7, 11) is 5.83. The summed E-state index contributed by atoms with van der Waals surface area (Å²) in [6, 6.07) is 3.25. The average molecular weight is 402 g/mol. The highest BCUT2D eigenvalue weighted by atomic mass is 16.7. The van der Waals surface area contributed by atoms with Crippen LogP contribution in [0.4, 0.5) is 0 Å². The highest BCUT2D eigenvalue weighted by Gasteiger charge is 2.31. The van der Waals surface area contributed by atoms with E-state index in [-0.39, 0.29) is 46.3 Å². The van der Waals surface area contributed by atoms with E-state index in [4.69, 9.17) is 32.8 Å². The van der Waals surface area contributed by atoms with Crippen LogP contribution in [-0.2, 0) is 0 Å². The molecule has 9 heteroatoms. The van der Waals surface area contributed by atoms with Crippen molar-refractivity contribution in [3.8, 4) is 51.4 Å². The van der Waals surface area contributed by atoms with Gasteiger partial charge in [0.05, 0.1) is 34.0 Å². The van der Waals surface area contributed by atoms with Crippen LogP contribution in [0, 0.1) is 0 Å². The molecule has 4 rings (SSSR count). The Morgan fingerprint density at radius 2 is 1.52 bits per heavy atom. The molecule has 0 bridgehead atoms. The van der Waals surface area contributed by atoms with Crippen molar-refractivity contribution in [1.82, 2.24) is 0 Å². The van der Waals surface area contributed by atoms with Gasteiger partial charge in [0.25, 0.3) is 0 Å².